The molecule has 0 bridgehead atoms. The number of hydrogen-bond acceptors (Lipinski definition) is 4. The number of ether oxygens (including phenoxy) is 2. The van der Waals surface area contributed by atoms with Crippen molar-refractivity contribution in [1.82, 2.24) is 4.98 Å². The molecule has 0 atom stereocenters. The Bertz CT molecular complexity index is 897. The first-order chi connectivity index (χ1) is 12.2. The van der Waals surface area contributed by atoms with Crippen LogP contribution in [-0.4, -0.2) is 30.5 Å². The Hall–Kier alpha value is -3.08. The van der Waals surface area contributed by atoms with Gasteiger partial charge < -0.3 is 14.5 Å². The van der Waals surface area contributed by atoms with Gasteiger partial charge in [0.25, 0.3) is 0 Å². The average molecular weight is 337 g/mol. The molecular formula is C20H19NO4. The number of benzene rings is 2. The third-order valence-corrected chi connectivity index (χ3v) is 4.03. The zero-order chi connectivity index (χ0) is 17.6. The van der Waals surface area contributed by atoms with E-state index in [1.807, 2.05) is 30.5 Å². The number of ketones is 1. The van der Waals surface area contributed by atoms with Crippen LogP contribution < -0.4 is 4.74 Å². The first kappa shape index (κ1) is 16.8. The summed E-state index contributed by atoms with van der Waals surface area (Å²) in [6.45, 7) is -0.264. The number of fused-ring (bicyclic) bond motifs is 1. The maximum absolute atomic E-state index is 12.1. The van der Waals surface area contributed by atoms with Crippen molar-refractivity contribution >= 4 is 22.7 Å². The third kappa shape index (κ3) is 4.07. The number of methoxy groups -OCH3 is 1. The smallest absolute Gasteiger partial charge is 0.306 e. The summed E-state index contributed by atoms with van der Waals surface area (Å²) in [4.78, 5) is 27.2. The Morgan fingerprint density at radius 3 is 2.76 bits per heavy atom. The van der Waals surface area contributed by atoms with Gasteiger partial charge >= 0.3 is 5.97 Å². The lowest BCUT2D eigenvalue weighted by Crippen LogP contribution is -2.14. The van der Waals surface area contributed by atoms with Gasteiger partial charge in [0.05, 0.1) is 7.11 Å². The molecule has 5 heteroatoms. The van der Waals surface area contributed by atoms with Crippen molar-refractivity contribution in [2.45, 2.75) is 12.8 Å². The van der Waals surface area contributed by atoms with Gasteiger partial charge in [-0.1, -0.05) is 30.3 Å². The van der Waals surface area contributed by atoms with Crippen LogP contribution in [0.1, 0.15) is 22.3 Å². The Labute approximate surface area is 145 Å². The topological polar surface area (TPSA) is 68.4 Å². The van der Waals surface area contributed by atoms with Gasteiger partial charge in [-0.25, -0.2) is 0 Å². The van der Waals surface area contributed by atoms with Crippen molar-refractivity contribution in [3.63, 3.8) is 0 Å². The van der Waals surface area contributed by atoms with Crippen LogP contribution in [0.25, 0.3) is 10.9 Å². The largest absolute Gasteiger partial charge is 0.497 e. The summed E-state index contributed by atoms with van der Waals surface area (Å²) in [5.74, 6) is -0.0441. The van der Waals surface area contributed by atoms with E-state index < -0.39 is 0 Å². The second kappa shape index (κ2) is 7.66. The molecule has 5 nitrogen and oxygen atoms in total. The molecule has 0 amide bonds. The molecule has 0 aliphatic rings. The molecule has 1 aromatic heterocycles. The maximum Gasteiger partial charge on any atom is 0.306 e. The first-order valence-corrected chi connectivity index (χ1v) is 8.05. The highest BCUT2D eigenvalue weighted by atomic mass is 16.5. The van der Waals surface area contributed by atoms with Crippen LogP contribution in [0, 0.1) is 0 Å². The van der Waals surface area contributed by atoms with Crippen LogP contribution in [0.2, 0.25) is 0 Å². The number of esters is 1. The van der Waals surface area contributed by atoms with Crippen molar-refractivity contribution in [1.29, 1.82) is 0 Å². The standard InChI is InChI=1S/C20H19NO4/c1-24-16-6-4-5-14(11-16)19(22)13-25-20(23)10-9-15-12-21-18-8-3-2-7-17(15)18/h2-8,11-12,21H,9-10,13H2,1H3. The number of para-hydroxylation sites is 1. The lowest BCUT2D eigenvalue weighted by molar-refractivity contribution is -0.142. The summed E-state index contributed by atoms with van der Waals surface area (Å²) in [5.41, 5.74) is 2.56. The molecule has 1 N–H and O–H groups in total. The highest BCUT2D eigenvalue weighted by Crippen LogP contribution is 2.19. The van der Waals surface area contributed by atoms with Gasteiger partial charge in [0.2, 0.25) is 0 Å². The molecule has 128 valence electrons. The fourth-order valence-electron chi connectivity index (χ4n) is 2.67. The van der Waals surface area contributed by atoms with Gasteiger partial charge in [0, 0.05) is 29.1 Å². The summed E-state index contributed by atoms with van der Waals surface area (Å²) in [6.07, 6.45) is 2.70. The summed E-state index contributed by atoms with van der Waals surface area (Å²) >= 11 is 0. The molecule has 0 saturated carbocycles. The van der Waals surface area contributed by atoms with Crippen LogP contribution in [-0.2, 0) is 16.0 Å². The van der Waals surface area contributed by atoms with Crippen LogP contribution in [0.4, 0.5) is 0 Å². The summed E-state index contributed by atoms with van der Waals surface area (Å²) in [7, 11) is 1.54. The SMILES string of the molecule is COc1cccc(C(=O)COC(=O)CCc2c[nH]c3ccccc23)c1. The summed E-state index contributed by atoms with van der Waals surface area (Å²) < 4.78 is 10.2. The van der Waals surface area contributed by atoms with E-state index in [1.165, 1.54) is 7.11 Å². The average Bonchev–Trinajstić information content (AvgIpc) is 3.07. The van der Waals surface area contributed by atoms with Crippen LogP contribution in [0.3, 0.4) is 0 Å². The lowest BCUT2D eigenvalue weighted by atomic mass is 10.1. The molecule has 0 fully saturated rings. The van der Waals surface area contributed by atoms with Gasteiger partial charge in [-0.3, -0.25) is 9.59 Å². The fraction of sp³-hybridized carbons (Fsp3) is 0.200. The van der Waals surface area contributed by atoms with Crippen LogP contribution >= 0.6 is 0 Å². The number of hydrogen-bond donors (Lipinski definition) is 1. The minimum atomic E-state index is -0.387. The van der Waals surface area contributed by atoms with E-state index in [4.69, 9.17) is 9.47 Å². The molecule has 3 rings (SSSR count). The van der Waals surface area contributed by atoms with Crippen LogP contribution in [0.15, 0.2) is 54.7 Å². The number of nitrogens with one attached hydrogen (secondary N) is 1. The Morgan fingerprint density at radius 1 is 1.08 bits per heavy atom. The first-order valence-electron chi connectivity index (χ1n) is 8.05. The number of Topliss-reactive ketones (excluding diaryl/α,β-unsaturated/α-hetero) is 1. The second-order valence-electron chi connectivity index (χ2n) is 5.68. The number of aromatic nitrogens is 1. The van der Waals surface area contributed by atoms with Crippen LogP contribution in [0.5, 0.6) is 5.75 Å². The minimum absolute atomic E-state index is 0.229. The molecular weight excluding hydrogens is 318 g/mol. The minimum Gasteiger partial charge on any atom is -0.497 e. The van der Waals surface area contributed by atoms with Gasteiger partial charge in [0.15, 0.2) is 12.4 Å². The van der Waals surface area contributed by atoms with E-state index in [0.29, 0.717) is 17.7 Å². The quantitative estimate of drug-likeness (QED) is 0.529. The maximum atomic E-state index is 12.1. The van der Waals surface area contributed by atoms with Gasteiger partial charge in [-0.05, 0) is 30.2 Å². The Balaban J connectivity index is 1.51. The van der Waals surface area contributed by atoms with Gasteiger partial charge in [0.1, 0.15) is 5.75 Å². The molecule has 1 heterocycles. The number of carbonyl (C=O) groups is 2. The molecule has 3 aromatic rings. The molecule has 25 heavy (non-hydrogen) atoms. The van der Waals surface area contributed by atoms with Crippen molar-refractivity contribution in [3.8, 4) is 5.75 Å². The van der Waals surface area contributed by atoms with Crippen molar-refractivity contribution in [3.05, 3.63) is 65.9 Å². The molecule has 0 saturated heterocycles. The van der Waals surface area contributed by atoms with Crippen molar-refractivity contribution < 1.29 is 19.1 Å². The van der Waals surface area contributed by atoms with Gasteiger partial charge in [-0.15, -0.1) is 0 Å². The zero-order valence-corrected chi connectivity index (χ0v) is 14.0. The highest BCUT2D eigenvalue weighted by molar-refractivity contribution is 5.98. The van der Waals surface area contributed by atoms with Crippen molar-refractivity contribution in [2.24, 2.45) is 0 Å². The number of rotatable bonds is 7. The molecule has 2 aromatic carbocycles. The van der Waals surface area contributed by atoms with E-state index in [-0.39, 0.29) is 24.8 Å². The zero-order valence-electron chi connectivity index (χ0n) is 14.0. The fourth-order valence-corrected chi connectivity index (χ4v) is 2.67. The number of carbonyl (C=O) groups excluding carboxylic acids is 2. The summed E-state index contributed by atoms with van der Waals surface area (Å²) in [5, 5.41) is 1.10. The van der Waals surface area contributed by atoms with E-state index in [0.717, 1.165) is 16.5 Å². The number of aryl methyl sites for hydroxylation is 1. The lowest BCUT2D eigenvalue weighted by Gasteiger charge is -2.06. The van der Waals surface area contributed by atoms with E-state index >= 15 is 0 Å². The summed E-state index contributed by atoms with van der Waals surface area (Å²) in [6, 6.07) is 14.7. The Kier molecular flexibility index (Phi) is 5.14. The number of aromatic amines is 1. The van der Waals surface area contributed by atoms with E-state index in [9.17, 15) is 9.59 Å². The normalized spacial score (nSPS) is 10.6. The van der Waals surface area contributed by atoms with E-state index in [2.05, 4.69) is 4.98 Å². The predicted molar refractivity (Wildman–Crippen MR) is 94.9 cm³/mol. The number of H-pyrrole nitrogens is 1. The molecule has 0 aliphatic heterocycles. The molecule has 0 spiro atoms. The monoisotopic (exact) mass is 337 g/mol. The molecule has 0 radical (unpaired) electrons. The molecule has 0 aliphatic carbocycles. The highest BCUT2D eigenvalue weighted by Gasteiger charge is 2.12. The third-order valence-electron chi connectivity index (χ3n) is 4.03. The predicted octanol–water partition coefficient (Wildman–Crippen LogP) is 3.54. The van der Waals surface area contributed by atoms with Gasteiger partial charge in [-0.2, -0.15) is 0 Å². The second-order valence-corrected chi connectivity index (χ2v) is 5.68. The Morgan fingerprint density at radius 2 is 1.92 bits per heavy atom. The molecule has 0 unspecified atom stereocenters. The van der Waals surface area contributed by atoms with E-state index in [1.54, 1.807) is 24.3 Å². The van der Waals surface area contributed by atoms with Crippen molar-refractivity contribution in [2.75, 3.05) is 13.7 Å².